The highest BCUT2D eigenvalue weighted by Crippen LogP contribution is 2.47. The molecule has 102 valence electrons. The minimum atomic E-state index is -0.540. The van der Waals surface area contributed by atoms with Crippen molar-refractivity contribution in [3.63, 3.8) is 0 Å². The number of nitrogens with one attached hydrogen (secondary N) is 1. The lowest BCUT2D eigenvalue weighted by molar-refractivity contribution is 0.0939. The smallest absolute Gasteiger partial charge is 0.255 e. The molecule has 0 aliphatic heterocycles. The Kier molecular flexibility index (Phi) is 3.17. The molecule has 2 saturated carbocycles. The number of carbonyl (C=O) groups excluding carboxylic acids is 1. The number of aromatic hydroxyl groups is 1. The van der Waals surface area contributed by atoms with Crippen molar-refractivity contribution in [2.24, 2.45) is 17.8 Å². The van der Waals surface area contributed by atoms with E-state index in [1.165, 1.54) is 37.8 Å². The molecule has 0 heterocycles. The summed E-state index contributed by atoms with van der Waals surface area (Å²) in [7, 11) is 0. The van der Waals surface area contributed by atoms with Crippen molar-refractivity contribution >= 4 is 5.91 Å². The second-order valence-corrected chi connectivity index (χ2v) is 5.81. The molecule has 4 heteroatoms. The molecule has 0 spiro atoms. The van der Waals surface area contributed by atoms with Gasteiger partial charge in [-0.25, -0.2) is 4.39 Å². The highest BCUT2D eigenvalue weighted by molar-refractivity contribution is 5.96. The Labute approximate surface area is 111 Å². The van der Waals surface area contributed by atoms with Gasteiger partial charge in [-0.05, 0) is 49.1 Å². The molecular weight excluding hydrogens is 245 g/mol. The first kappa shape index (κ1) is 12.5. The number of phenols is 1. The van der Waals surface area contributed by atoms with E-state index >= 15 is 0 Å². The minimum absolute atomic E-state index is 0.143. The fraction of sp³-hybridized carbons (Fsp3) is 0.533. The van der Waals surface area contributed by atoms with Gasteiger partial charge in [0, 0.05) is 12.6 Å². The summed E-state index contributed by atoms with van der Waals surface area (Å²) in [6.45, 7) is 0.664. The summed E-state index contributed by atoms with van der Waals surface area (Å²) in [5.41, 5.74) is 0.143. The molecule has 0 saturated heterocycles. The number of fused-ring (bicyclic) bond motifs is 2. The second-order valence-electron chi connectivity index (χ2n) is 5.81. The Balaban J connectivity index is 1.59. The normalized spacial score (nSPS) is 28.6. The van der Waals surface area contributed by atoms with Crippen LogP contribution < -0.4 is 5.32 Å². The molecule has 3 rings (SSSR count). The van der Waals surface area contributed by atoms with Gasteiger partial charge >= 0.3 is 0 Å². The summed E-state index contributed by atoms with van der Waals surface area (Å²) < 4.78 is 12.9. The average molecular weight is 263 g/mol. The fourth-order valence-corrected chi connectivity index (χ4v) is 3.64. The van der Waals surface area contributed by atoms with Crippen LogP contribution in [0.2, 0.25) is 0 Å². The number of rotatable bonds is 3. The van der Waals surface area contributed by atoms with Gasteiger partial charge in [0.25, 0.3) is 5.91 Å². The minimum Gasteiger partial charge on any atom is -0.507 e. The zero-order chi connectivity index (χ0) is 13.4. The largest absolute Gasteiger partial charge is 0.507 e. The molecule has 1 aromatic rings. The topological polar surface area (TPSA) is 49.3 Å². The van der Waals surface area contributed by atoms with Crippen LogP contribution in [0.3, 0.4) is 0 Å². The fourth-order valence-electron chi connectivity index (χ4n) is 3.64. The van der Waals surface area contributed by atoms with Crippen molar-refractivity contribution in [1.29, 1.82) is 0 Å². The molecule has 2 N–H and O–H groups in total. The zero-order valence-corrected chi connectivity index (χ0v) is 10.7. The third-order valence-corrected chi connectivity index (χ3v) is 4.61. The van der Waals surface area contributed by atoms with Gasteiger partial charge in [0.1, 0.15) is 11.6 Å². The van der Waals surface area contributed by atoms with Crippen LogP contribution in [0.5, 0.6) is 5.75 Å². The summed E-state index contributed by atoms with van der Waals surface area (Å²) in [6.07, 6.45) is 5.14. The number of hydrogen-bond acceptors (Lipinski definition) is 2. The van der Waals surface area contributed by atoms with Crippen LogP contribution in [-0.4, -0.2) is 17.6 Å². The van der Waals surface area contributed by atoms with Gasteiger partial charge in [-0.15, -0.1) is 0 Å². The van der Waals surface area contributed by atoms with Crippen molar-refractivity contribution in [2.45, 2.75) is 25.7 Å². The standard InChI is InChI=1S/C15H18FNO2/c16-12-3-4-13(14(18)7-12)15(19)17-8-11-6-9-1-2-10(11)5-9/h3-4,7,9-11,18H,1-2,5-6,8H2,(H,17,19). The molecule has 2 aliphatic carbocycles. The number of carbonyl (C=O) groups is 1. The van der Waals surface area contributed by atoms with Crippen LogP contribution in [0.15, 0.2) is 18.2 Å². The van der Waals surface area contributed by atoms with Gasteiger partial charge in [-0.1, -0.05) is 6.42 Å². The van der Waals surface area contributed by atoms with Crippen molar-refractivity contribution < 1.29 is 14.3 Å². The second kappa shape index (κ2) is 4.83. The van der Waals surface area contributed by atoms with Crippen molar-refractivity contribution in [3.05, 3.63) is 29.6 Å². The van der Waals surface area contributed by atoms with Gasteiger partial charge in [-0.3, -0.25) is 4.79 Å². The molecular formula is C15H18FNO2. The van der Waals surface area contributed by atoms with Crippen LogP contribution in [0.4, 0.5) is 4.39 Å². The van der Waals surface area contributed by atoms with Gasteiger partial charge in [0.05, 0.1) is 5.56 Å². The van der Waals surface area contributed by atoms with E-state index in [1.54, 1.807) is 0 Å². The number of benzene rings is 1. The van der Waals surface area contributed by atoms with Gasteiger partial charge in [-0.2, -0.15) is 0 Å². The molecule has 3 unspecified atom stereocenters. The lowest BCUT2D eigenvalue weighted by atomic mass is 9.89. The maximum absolute atomic E-state index is 12.9. The van der Waals surface area contributed by atoms with Gasteiger partial charge < -0.3 is 10.4 Å². The first-order valence-electron chi connectivity index (χ1n) is 6.90. The van der Waals surface area contributed by atoms with Crippen molar-refractivity contribution in [3.8, 4) is 5.75 Å². The number of amides is 1. The predicted octanol–water partition coefficient (Wildman–Crippen LogP) is 2.70. The molecule has 1 amide bonds. The molecule has 2 bridgehead atoms. The molecule has 19 heavy (non-hydrogen) atoms. The van der Waals surface area contributed by atoms with Crippen LogP contribution in [0, 0.1) is 23.6 Å². The third-order valence-electron chi connectivity index (χ3n) is 4.61. The predicted molar refractivity (Wildman–Crippen MR) is 69.3 cm³/mol. The highest BCUT2D eigenvalue weighted by Gasteiger charge is 2.39. The van der Waals surface area contributed by atoms with E-state index in [0.717, 1.165) is 17.9 Å². The highest BCUT2D eigenvalue weighted by atomic mass is 19.1. The number of phenolic OH excluding ortho intramolecular Hbond substituents is 1. The van der Waals surface area contributed by atoms with Crippen molar-refractivity contribution in [1.82, 2.24) is 5.32 Å². The maximum atomic E-state index is 12.9. The number of halogens is 1. The molecule has 0 radical (unpaired) electrons. The van der Waals surface area contributed by atoms with Crippen LogP contribution in [0.1, 0.15) is 36.0 Å². The summed E-state index contributed by atoms with van der Waals surface area (Å²) >= 11 is 0. The Bertz CT molecular complexity index is 503. The lowest BCUT2D eigenvalue weighted by Gasteiger charge is -2.21. The van der Waals surface area contributed by atoms with Crippen LogP contribution >= 0.6 is 0 Å². The Morgan fingerprint density at radius 1 is 1.37 bits per heavy atom. The van der Waals surface area contributed by atoms with Gasteiger partial charge in [0.2, 0.25) is 0 Å². The Hall–Kier alpha value is -1.58. The molecule has 0 aromatic heterocycles. The van der Waals surface area contributed by atoms with Gasteiger partial charge in [0.15, 0.2) is 0 Å². The third kappa shape index (κ3) is 2.44. The first-order valence-corrected chi connectivity index (χ1v) is 6.90. The molecule has 2 aliphatic rings. The summed E-state index contributed by atoms with van der Waals surface area (Å²) in [5.74, 6) is 1.02. The van der Waals surface area contributed by atoms with E-state index in [0.29, 0.717) is 12.5 Å². The molecule has 3 nitrogen and oxygen atoms in total. The SMILES string of the molecule is O=C(NCC1CC2CCC1C2)c1ccc(F)cc1O. The van der Waals surface area contributed by atoms with E-state index in [1.807, 2.05) is 0 Å². The summed E-state index contributed by atoms with van der Waals surface area (Å²) in [6, 6.07) is 3.47. The quantitative estimate of drug-likeness (QED) is 0.881. The first-order chi connectivity index (χ1) is 9.13. The maximum Gasteiger partial charge on any atom is 0.255 e. The van der Waals surface area contributed by atoms with E-state index < -0.39 is 5.82 Å². The monoisotopic (exact) mass is 263 g/mol. The van der Waals surface area contributed by atoms with Crippen LogP contribution in [0.25, 0.3) is 0 Å². The Morgan fingerprint density at radius 2 is 2.21 bits per heavy atom. The van der Waals surface area contributed by atoms with Crippen LogP contribution in [-0.2, 0) is 0 Å². The molecule has 3 atom stereocenters. The van der Waals surface area contributed by atoms with E-state index in [4.69, 9.17) is 0 Å². The number of hydrogen-bond donors (Lipinski definition) is 2. The zero-order valence-electron chi connectivity index (χ0n) is 10.7. The molecule has 2 fully saturated rings. The lowest BCUT2D eigenvalue weighted by Crippen LogP contribution is -2.31. The summed E-state index contributed by atoms with van der Waals surface area (Å²) in [4.78, 5) is 11.9. The van der Waals surface area contributed by atoms with Crippen molar-refractivity contribution in [2.75, 3.05) is 6.54 Å². The van der Waals surface area contributed by atoms with E-state index in [-0.39, 0.29) is 17.2 Å². The summed E-state index contributed by atoms with van der Waals surface area (Å²) in [5, 5.41) is 12.4. The van der Waals surface area contributed by atoms with E-state index in [9.17, 15) is 14.3 Å². The molecule has 1 aromatic carbocycles. The Morgan fingerprint density at radius 3 is 2.84 bits per heavy atom. The van der Waals surface area contributed by atoms with E-state index in [2.05, 4.69) is 5.32 Å². The average Bonchev–Trinajstić information content (AvgIpc) is 2.98.